The SMILES string of the molecule is O=C(NC12CC(NC(=O)[C@H]3C[C@@H](O)c4cc(Cl)ccc4O3)(C1)C2)c1cnc(C(F)F)cn1. The van der Waals surface area contributed by atoms with Crippen molar-refractivity contribution in [1.82, 2.24) is 20.6 Å². The average Bonchev–Trinajstić information content (AvgIpc) is 2.71. The van der Waals surface area contributed by atoms with Crippen LogP contribution in [-0.2, 0) is 4.79 Å². The van der Waals surface area contributed by atoms with Crippen LogP contribution in [-0.4, -0.2) is 44.1 Å². The van der Waals surface area contributed by atoms with Gasteiger partial charge in [0.2, 0.25) is 0 Å². The van der Waals surface area contributed by atoms with E-state index in [0.717, 1.165) is 12.4 Å². The normalized spacial score (nSPS) is 29.8. The largest absolute Gasteiger partial charge is 0.480 e. The number of aromatic nitrogens is 2. The summed E-state index contributed by atoms with van der Waals surface area (Å²) in [5.74, 6) is -0.390. The lowest BCUT2D eigenvalue weighted by Gasteiger charge is -2.70. The third kappa shape index (κ3) is 3.57. The van der Waals surface area contributed by atoms with Gasteiger partial charge in [0, 0.05) is 28.1 Å². The van der Waals surface area contributed by atoms with E-state index in [4.69, 9.17) is 16.3 Å². The number of hydrogen-bond acceptors (Lipinski definition) is 6. The number of carbonyl (C=O) groups excluding carboxylic acids is 2. The van der Waals surface area contributed by atoms with E-state index in [2.05, 4.69) is 20.6 Å². The summed E-state index contributed by atoms with van der Waals surface area (Å²) < 4.78 is 30.9. The lowest BCUT2D eigenvalue weighted by molar-refractivity contribution is -0.147. The van der Waals surface area contributed by atoms with Crippen LogP contribution in [0, 0.1) is 0 Å². The monoisotopic (exact) mass is 464 g/mol. The van der Waals surface area contributed by atoms with Crippen molar-refractivity contribution in [3.63, 3.8) is 0 Å². The number of alkyl halides is 2. The van der Waals surface area contributed by atoms with Crippen molar-refractivity contribution in [2.45, 2.75) is 55.4 Å². The number of carbonyl (C=O) groups is 2. The van der Waals surface area contributed by atoms with Gasteiger partial charge in [0.05, 0.1) is 18.5 Å². The van der Waals surface area contributed by atoms with Crippen molar-refractivity contribution in [3.05, 3.63) is 52.6 Å². The van der Waals surface area contributed by atoms with Gasteiger partial charge in [-0.25, -0.2) is 13.8 Å². The molecule has 32 heavy (non-hydrogen) atoms. The molecule has 3 fully saturated rings. The molecule has 1 aliphatic heterocycles. The minimum Gasteiger partial charge on any atom is -0.480 e. The number of nitrogens with one attached hydrogen (secondary N) is 2. The molecule has 3 N–H and O–H groups in total. The first-order valence-corrected chi connectivity index (χ1v) is 10.4. The van der Waals surface area contributed by atoms with Gasteiger partial charge in [-0.2, -0.15) is 0 Å². The second-order valence-corrected chi connectivity index (χ2v) is 9.14. The van der Waals surface area contributed by atoms with Crippen molar-refractivity contribution >= 4 is 23.4 Å². The van der Waals surface area contributed by atoms with Gasteiger partial charge in [0.15, 0.2) is 6.10 Å². The van der Waals surface area contributed by atoms with Crippen LogP contribution >= 0.6 is 11.6 Å². The van der Waals surface area contributed by atoms with Crippen molar-refractivity contribution in [2.75, 3.05) is 0 Å². The van der Waals surface area contributed by atoms with E-state index < -0.39 is 41.3 Å². The van der Waals surface area contributed by atoms with E-state index in [1.54, 1.807) is 18.2 Å². The molecule has 11 heteroatoms. The Morgan fingerprint density at radius 2 is 1.88 bits per heavy atom. The minimum atomic E-state index is -2.75. The molecule has 2 atom stereocenters. The van der Waals surface area contributed by atoms with Gasteiger partial charge in [-0.15, -0.1) is 0 Å². The van der Waals surface area contributed by atoms with E-state index >= 15 is 0 Å². The number of fused-ring (bicyclic) bond motifs is 1. The molecule has 0 spiro atoms. The van der Waals surface area contributed by atoms with Crippen LogP contribution in [0.1, 0.15) is 60.0 Å². The van der Waals surface area contributed by atoms with Crippen molar-refractivity contribution in [2.24, 2.45) is 0 Å². The molecule has 2 bridgehead atoms. The highest BCUT2D eigenvalue weighted by Crippen LogP contribution is 2.60. The zero-order valence-electron chi connectivity index (χ0n) is 16.6. The number of rotatable bonds is 5. The molecule has 3 saturated carbocycles. The zero-order chi connectivity index (χ0) is 22.7. The third-order valence-electron chi connectivity index (χ3n) is 6.26. The highest BCUT2D eigenvalue weighted by molar-refractivity contribution is 6.30. The maximum atomic E-state index is 12.7. The summed E-state index contributed by atoms with van der Waals surface area (Å²) in [6.07, 6.45) is -0.785. The number of nitrogens with zero attached hydrogens (tertiary/aromatic N) is 2. The van der Waals surface area contributed by atoms with Gasteiger partial charge in [0.25, 0.3) is 18.2 Å². The predicted molar refractivity (Wildman–Crippen MR) is 107 cm³/mol. The van der Waals surface area contributed by atoms with Gasteiger partial charge >= 0.3 is 0 Å². The fourth-order valence-corrected chi connectivity index (χ4v) is 5.03. The van der Waals surface area contributed by atoms with Gasteiger partial charge in [-0.1, -0.05) is 11.6 Å². The van der Waals surface area contributed by atoms with Crippen molar-refractivity contribution < 1.29 is 28.2 Å². The maximum Gasteiger partial charge on any atom is 0.281 e. The average molecular weight is 465 g/mol. The molecule has 2 heterocycles. The first-order valence-electron chi connectivity index (χ1n) is 10.1. The number of halogens is 3. The molecule has 1 aromatic heterocycles. The number of ether oxygens (including phenoxy) is 1. The second-order valence-electron chi connectivity index (χ2n) is 8.70. The van der Waals surface area contributed by atoms with Crippen LogP contribution < -0.4 is 15.4 Å². The van der Waals surface area contributed by atoms with E-state index in [1.165, 1.54) is 0 Å². The Labute approximate surface area is 186 Å². The summed E-state index contributed by atoms with van der Waals surface area (Å²) in [4.78, 5) is 32.4. The molecule has 1 aromatic carbocycles. The van der Waals surface area contributed by atoms with Crippen LogP contribution in [0.2, 0.25) is 5.02 Å². The molecule has 2 amide bonds. The summed E-state index contributed by atoms with van der Waals surface area (Å²) in [5.41, 5.74) is -0.859. The van der Waals surface area contributed by atoms with E-state index in [1.807, 2.05) is 0 Å². The van der Waals surface area contributed by atoms with Gasteiger partial charge in [0.1, 0.15) is 17.1 Å². The van der Waals surface area contributed by atoms with Crippen molar-refractivity contribution in [1.29, 1.82) is 0 Å². The van der Waals surface area contributed by atoms with Gasteiger partial charge < -0.3 is 20.5 Å². The summed E-state index contributed by atoms with van der Waals surface area (Å²) in [5, 5.41) is 16.7. The fourth-order valence-electron chi connectivity index (χ4n) is 4.85. The lowest BCUT2D eigenvalue weighted by atomic mass is 9.44. The number of aliphatic hydroxyl groups is 1. The highest BCUT2D eigenvalue weighted by Gasteiger charge is 2.69. The summed E-state index contributed by atoms with van der Waals surface area (Å²) in [6, 6.07) is 4.88. The van der Waals surface area contributed by atoms with E-state index in [-0.39, 0.29) is 18.0 Å². The number of aliphatic hydroxyl groups excluding tert-OH is 1. The van der Waals surface area contributed by atoms with Crippen molar-refractivity contribution in [3.8, 4) is 5.75 Å². The number of hydrogen-bond donors (Lipinski definition) is 3. The molecular weight excluding hydrogens is 446 g/mol. The Hall–Kier alpha value is -2.85. The molecule has 168 valence electrons. The van der Waals surface area contributed by atoms with Crippen LogP contribution in [0.3, 0.4) is 0 Å². The Bertz CT molecular complexity index is 1080. The summed E-state index contributed by atoms with van der Waals surface area (Å²) >= 11 is 5.95. The second kappa shape index (κ2) is 7.35. The maximum absolute atomic E-state index is 12.7. The van der Waals surface area contributed by atoms with Gasteiger partial charge in [-0.05, 0) is 37.5 Å². The molecule has 0 radical (unpaired) electrons. The molecule has 2 aromatic rings. The summed E-state index contributed by atoms with van der Waals surface area (Å²) in [7, 11) is 0. The molecular formula is C21H19ClF2N4O4. The molecule has 0 unspecified atom stereocenters. The van der Waals surface area contributed by atoms with Gasteiger partial charge in [-0.3, -0.25) is 14.6 Å². The Balaban J connectivity index is 1.15. The predicted octanol–water partition coefficient (Wildman–Crippen LogP) is 2.47. The van der Waals surface area contributed by atoms with E-state index in [0.29, 0.717) is 35.6 Å². The molecule has 0 saturated heterocycles. The fraction of sp³-hybridized carbons (Fsp3) is 0.429. The van der Waals surface area contributed by atoms with Crippen LogP contribution in [0.5, 0.6) is 5.75 Å². The number of benzene rings is 1. The lowest BCUT2D eigenvalue weighted by Crippen LogP contribution is -2.84. The topological polar surface area (TPSA) is 113 Å². The highest BCUT2D eigenvalue weighted by atomic mass is 35.5. The Morgan fingerprint density at radius 1 is 1.16 bits per heavy atom. The van der Waals surface area contributed by atoms with Crippen LogP contribution in [0.15, 0.2) is 30.6 Å². The Morgan fingerprint density at radius 3 is 2.53 bits per heavy atom. The Kier molecular flexibility index (Phi) is 4.82. The van der Waals surface area contributed by atoms with Crippen LogP contribution in [0.25, 0.3) is 0 Å². The zero-order valence-corrected chi connectivity index (χ0v) is 17.4. The standard InChI is InChI=1S/C21H19ClF2N4O4/c22-10-1-2-15-11(3-10)14(29)4-16(32-15)19(31)28-21-7-20(8-21,9-21)27-18(30)13-6-25-12(5-26-13)17(23)24/h1-3,5-6,14,16-17,29H,4,7-9H2,(H,27,30)(H,28,31)/t14-,16-,20?,21?/m1/s1. The molecule has 3 aliphatic carbocycles. The molecule has 4 aliphatic rings. The molecule has 8 nitrogen and oxygen atoms in total. The number of amides is 2. The minimum absolute atomic E-state index is 0.0411. The first-order chi connectivity index (χ1) is 15.2. The smallest absolute Gasteiger partial charge is 0.281 e. The first kappa shape index (κ1) is 21.0. The van der Waals surface area contributed by atoms with E-state index in [9.17, 15) is 23.5 Å². The summed E-state index contributed by atoms with van der Waals surface area (Å²) in [6.45, 7) is 0. The van der Waals surface area contributed by atoms with Crippen LogP contribution in [0.4, 0.5) is 8.78 Å². The third-order valence-corrected chi connectivity index (χ3v) is 6.49. The molecule has 6 rings (SSSR count). The quantitative estimate of drug-likeness (QED) is 0.626.